The summed E-state index contributed by atoms with van der Waals surface area (Å²) in [6.07, 6.45) is 0. The Morgan fingerprint density at radius 2 is 2.10 bits per heavy atom. The molecule has 5 nitrogen and oxygen atoms in total. The maximum atomic E-state index is 12.8. The second-order valence-electron chi connectivity index (χ2n) is 5.88. The minimum atomic E-state index is -3.00. The van der Waals surface area contributed by atoms with Crippen molar-refractivity contribution in [3.05, 3.63) is 35.4 Å². The topological polar surface area (TPSA) is 66.5 Å². The standard InChI is InChI=1S/C15H20N2O3S/c1-11-10-21(19,20)7-6-17(11)15(18)14-9-16-8-12-4-2-3-5-13(12)14/h2-5,11,14,16H,6-10H2,1H3. The molecule has 0 bridgehead atoms. The molecule has 1 saturated heterocycles. The molecule has 0 saturated carbocycles. The van der Waals surface area contributed by atoms with Crippen LogP contribution < -0.4 is 5.32 Å². The zero-order valence-corrected chi connectivity index (χ0v) is 12.9. The molecule has 2 heterocycles. The van der Waals surface area contributed by atoms with Crippen LogP contribution in [0.3, 0.4) is 0 Å². The number of benzene rings is 1. The zero-order chi connectivity index (χ0) is 15.0. The SMILES string of the molecule is CC1CS(=O)(=O)CCN1C(=O)C1CNCc2ccccc21. The van der Waals surface area contributed by atoms with Crippen LogP contribution in [0.1, 0.15) is 24.0 Å². The fraction of sp³-hybridized carbons (Fsp3) is 0.533. The first-order valence-electron chi connectivity index (χ1n) is 7.27. The van der Waals surface area contributed by atoms with Crippen LogP contribution in [0.4, 0.5) is 0 Å². The van der Waals surface area contributed by atoms with E-state index in [4.69, 9.17) is 0 Å². The van der Waals surface area contributed by atoms with E-state index >= 15 is 0 Å². The maximum Gasteiger partial charge on any atom is 0.231 e. The number of nitrogens with one attached hydrogen (secondary N) is 1. The lowest BCUT2D eigenvalue weighted by molar-refractivity contribution is -0.134. The number of carbonyl (C=O) groups is 1. The van der Waals surface area contributed by atoms with E-state index in [0.717, 1.165) is 17.7 Å². The van der Waals surface area contributed by atoms with Gasteiger partial charge in [-0.2, -0.15) is 0 Å². The van der Waals surface area contributed by atoms with Crippen molar-refractivity contribution in [3.8, 4) is 0 Å². The highest BCUT2D eigenvalue weighted by atomic mass is 32.2. The van der Waals surface area contributed by atoms with E-state index in [-0.39, 0.29) is 29.4 Å². The number of rotatable bonds is 1. The number of sulfone groups is 1. The number of carbonyl (C=O) groups excluding carboxylic acids is 1. The molecule has 114 valence electrons. The largest absolute Gasteiger partial charge is 0.337 e. The minimum absolute atomic E-state index is 0.0389. The van der Waals surface area contributed by atoms with E-state index in [1.807, 2.05) is 31.2 Å². The zero-order valence-electron chi connectivity index (χ0n) is 12.1. The molecule has 1 amide bonds. The van der Waals surface area contributed by atoms with Gasteiger partial charge < -0.3 is 10.2 Å². The van der Waals surface area contributed by atoms with Gasteiger partial charge in [-0.15, -0.1) is 0 Å². The van der Waals surface area contributed by atoms with Crippen LogP contribution in [0.2, 0.25) is 0 Å². The molecule has 2 aliphatic heterocycles. The van der Waals surface area contributed by atoms with Gasteiger partial charge in [0.2, 0.25) is 5.91 Å². The normalized spacial score (nSPS) is 28.0. The van der Waals surface area contributed by atoms with E-state index in [9.17, 15) is 13.2 Å². The van der Waals surface area contributed by atoms with E-state index < -0.39 is 9.84 Å². The molecule has 0 spiro atoms. The summed E-state index contributed by atoms with van der Waals surface area (Å²) in [6.45, 7) is 3.52. The van der Waals surface area contributed by atoms with Crippen molar-refractivity contribution >= 4 is 15.7 Å². The summed E-state index contributed by atoms with van der Waals surface area (Å²) in [5.74, 6) is -0.0268. The molecule has 6 heteroatoms. The van der Waals surface area contributed by atoms with Crippen molar-refractivity contribution < 1.29 is 13.2 Å². The molecule has 1 N–H and O–H groups in total. The molecule has 0 aliphatic carbocycles. The molecule has 3 rings (SSSR count). The van der Waals surface area contributed by atoms with Crippen LogP contribution in [0, 0.1) is 0 Å². The molecular formula is C15H20N2O3S. The summed E-state index contributed by atoms with van der Waals surface area (Å²) in [5, 5.41) is 3.28. The summed E-state index contributed by atoms with van der Waals surface area (Å²) in [7, 11) is -3.00. The van der Waals surface area contributed by atoms with E-state index in [1.165, 1.54) is 0 Å². The predicted molar refractivity (Wildman–Crippen MR) is 80.7 cm³/mol. The Morgan fingerprint density at radius 3 is 2.86 bits per heavy atom. The van der Waals surface area contributed by atoms with Gasteiger partial charge in [0.1, 0.15) is 0 Å². The first kappa shape index (κ1) is 14.5. The van der Waals surface area contributed by atoms with Crippen LogP contribution in [-0.2, 0) is 21.2 Å². The van der Waals surface area contributed by atoms with Crippen molar-refractivity contribution in [3.63, 3.8) is 0 Å². The molecule has 0 radical (unpaired) electrons. The summed E-state index contributed by atoms with van der Waals surface area (Å²) < 4.78 is 23.3. The highest BCUT2D eigenvalue weighted by molar-refractivity contribution is 7.91. The number of nitrogens with zero attached hydrogens (tertiary/aromatic N) is 1. The average Bonchev–Trinajstić information content (AvgIpc) is 2.45. The average molecular weight is 308 g/mol. The van der Waals surface area contributed by atoms with Crippen molar-refractivity contribution in [2.75, 3.05) is 24.6 Å². The Kier molecular flexibility index (Phi) is 3.75. The predicted octanol–water partition coefficient (Wildman–Crippen LogP) is 0.519. The van der Waals surface area contributed by atoms with Crippen LogP contribution >= 0.6 is 0 Å². The van der Waals surface area contributed by atoms with E-state index in [2.05, 4.69) is 5.32 Å². The highest BCUT2D eigenvalue weighted by Gasteiger charge is 2.36. The fourth-order valence-electron chi connectivity index (χ4n) is 3.24. The summed E-state index contributed by atoms with van der Waals surface area (Å²) in [6, 6.07) is 7.72. The van der Waals surface area contributed by atoms with Gasteiger partial charge in [-0.1, -0.05) is 24.3 Å². The molecule has 1 aromatic carbocycles. The van der Waals surface area contributed by atoms with Crippen LogP contribution in [0.5, 0.6) is 0 Å². The number of hydrogen-bond acceptors (Lipinski definition) is 4. The maximum absolute atomic E-state index is 12.8. The first-order valence-corrected chi connectivity index (χ1v) is 9.09. The Hall–Kier alpha value is -1.40. The number of hydrogen-bond donors (Lipinski definition) is 1. The van der Waals surface area contributed by atoms with Crippen LogP contribution in [-0.4, -0.2) is 49.9 Å². The third-order valence-corrected chi connectivity index (χ3v) is 6.14. The van der Waals surface area contributed by atoms with Crippen LogP contribution in [0.15, 0.2) is 24.3 Å². The second kappa shape index (κ2) is 5.42. The molecule has 2 unspecified atom stereocenters. The van der Waals surface area contributed by atoms with E-state index in [0.29, 0.717) is 13.1 Å². The molecule has 0 aromatic heterocycles. The molecule has 21 heavy (non-hydrogen) atoms. The lowest BCUT2D eigenvalue weighted by atomic mass is 9.89. The lowest BCUT2D eigenvalue weighted by Gasteiger charge is -2.37. The Bertz CT molecular complexity index is 657. The first-order chi connectivity index (χ1) is 9.98. The van der Waals surface area contributed by atoms with Gasteiger partial charge in [-0.25, -0.2) is 8.42 Å². The van der Waals surface area contributed by atoms with Gasteiger partial charge in [-0.3, -0.25) is 4.79 Å². The number of amides is 1. The number of fused-ring (bicyclic) bond motifs is 1. The molecule has 2 atom stereocenters. The Labute approximate surface area is 125 Å². The molecule has 1 fully saturated rings. The Balaban J connectivity index is 1.84. The van der Waals surface area contributed by atoms with Gasteiger partial charge in [0, 0.05) is 25.7 Å². The molecular weight excluding hydrogens is 288 g/mol. The highest BCUT2D eigenvalue weighted by Crippen LogP contribution is 2.27. The van der Waals surface area contributed by atoms with Gasteiger partial charge in [-0.05, 0) is 18.1 Å². The summed E-state index contributed by atoms with van der Waals surface area (Å²) in [5.41, 5.74) is 2.22. The Morgan fingerprint density at radius 1 is 1.33 bits per heavy atom. The van der Waals surface area contributed by atoms with Crippen molar-refractivity contribution in [1.82, 2.24) is 10.2 Å². The second-order valence-corrected chi connectivity index (χ2v) is 8.11. The van der Waals surface area contributed by atoms with Gasteiger partial charge in [0.15, 0.2) is 9.84 Å². The third-order valence-electron chi connectivity index (χ3n) is 4.35. The minimum Gasteiger partial charge on any atom is -0.337 e. The van der Waals surface area contributed by atoms with Gasteiger partial charge >= 0.3 is 0 Å². The van der Waals surface area contributed by atoms with Crippen LogP contribution in [0.25, 0.3) is 0 Å². The third kappa shape index (κ3) is 2.82. The van der Waals surface area contributed by atoms with E-state index in [1.54, 1.807) is 4.90 Å². The smallest absolute Gasteiger partial charge is 0.231 e. The van der Waals surface area contributed by atoms with Crippen molar-refractivity contribution in [2.24, 2.45) is 0 Å². The monoisotopic (exact) mass is 308 g/mol. The lowest BCUT2D eigenvalue weighted by Crippen LogP contribution is -2.52. The summed E-state index contributed by atoms with van der Waals surface area (Å²) in [4.78, 5) is 14.6. The summed E-state index contributed by atoms with van der Waals surface area (Å²) >= 11 is 0. The fourth-order valence-corrected chi connectivity index (χ4v) is 4.80. The van der Waals surface area contributed by atoms with Gasteiger partial charge in [0.05, 0.1) is 17.4 Å². The molecule has 1 aromatic rings. The van der Waals surface area contributed by atoms with Crippen molar-refractivity contribution in [1.29, 1.82) is 0 Å². The quantitative estimate of drug-likeness (QED) is 0.821. The molecule has 2 aliphatic rings. The van der Waals surface area contributed by atoms with Crippen molar-refractivity contribution in [2.45, 2.75) is 25.4 Å². The van der Waals surface area contributed by atoms with Gasteiger partial charge in [0.25, 0.3) is 0 Å².